The van der Waals surface area contributed by atoms with Crippen LogP contribution >= 0.6 is 0 Å². The molecule has 0 bridgehead atoms. The first-order chi connectivity index (χ1) is 4.20. The fourth-order valence-electron chi connectivity index (χ4n) is 0.659. The van der Waals surface area contributed by atoms with E-state index in [0.29, 0.717) is 0 Å². The van der Waals surface area contributed by atoms with Gasteiger partial charge in [-0.3, -0.25) is 5.01 Å². The highest BCUT2D eigenvalue weighted by molar-refractivity contribution is 5.84. The summed E-state index contributed by atoms with van der Waals surface area (Å²) in [6.07, 6.45) is 3.71. The fourth-order valence-corrected chi connectivity index (χ4v) is 0.659. The molecule has 2 nitrogen and oxygen atoms in total. The molecule has 0 amide bonds. The Morgan fingerprint density at radius 3 is 2.78 bits per heavy atom. The van der Waals surface area contributed by atoms with Gasteiger partial charge in [0.2, 0.25) is 0 Å². The van der Waals surface area contributed by atoms with Crippen molar-refractivity contribution in [1.82, 2.24) is 5.01 Å². The van der Waals surface area contributed by atoms with E-state index in [0.717, 1.165) is 5.57 Å². The minimum atomic E-state index is 0.994. The Kier molecular flexibility index (Phi) is 1.39. The fraction of sp³-hybridized carbons (Fsp3) is 0.286. The summed E-state index contributed by atoms with van der Waals surface area (Å²) >= 11 is 0. The highest BCUT2D eigenvalue weighted by atomic mass is 15.4. The second kappa shape index (κ2) is 2.05. The summed E-state index contributed by atoms with van der Waals surface area (Å²) < 4.78 is 0. The molecule has 0 unspecified atom stereocenters. The number of rotatable bonds is 0. The molecule has 0 atom stereocenters. The Hall–Kier alpha value is -1.05. The molecule has 1 aliphatic heterocycles. The van der Waals surface area contributed by atoms with Crippen molar-refractivity contribution >= 4 is 6.21 Å². The van der Waals surface area contributed by atoms with Crippen molar-refractivity contribution in [3.8, 4) is 0 Å². The lowest BCUT2D eigenvalue weighted by Crippen LogP contribution is -2.08. The van der Waals surface area contributed by atoms with Crippen molar-refractivity contribution in [1.29, 1.82) is 0 Å². The maximum atomic E-state index is 3.99. The standard InChI is InChI=1S/C7H10N2/c1-6-4-8-9(3)5-7(6)2/h4-5H,1H2,2-3H3. The molecule has 0 spiro atoms. The van der Waals surface area contributed by atoms with Gasteiger partial charge < -0.3 is 0 Å². The second-order valence-electron chi connectivity index (χ2n) is 2.16. The molecule has 0 aliphatic carbocycles. The van der Waals surface area contributed by atoms with Crippen molar-refractivity contribution in [2.45, 2.75) is 6.92 Å². The number of allylic oxidation sites excluding steroid dienone is 2. The predicted octanol–water partition coefficient (Wildman–Crippen LogP) is 1.38. The van der Waals surface area contributed by atoms with Crippen LogP contribution in [0.4, 0.5) is 0 Å². The summed E-state index contributed by atoms with van der Waals surface area (Å²) in [6, 6.07) is 0. The quantitative estimate of drug-likeness (QED) is 0.474. The minimum Gasteiger partial charge on any atom is -0.276 e. The summed E-state index contributed by atoms with van der Waals surface area (Å²) in [4.78, 5) is 0. The van der Waals surface area contributed by atoms with E-state index in [2.05, 4.69) is 11.7 Å². The number of hydrazone groups is 1. The molecule has 1 rings (SSSR count). The highest BCUT2D eigenvalue weighted by Crippen LogP contribution is 2.09. The largest absolute Gasteiger partial charge is 0.276 e. The Bertz CT molecular complexity index is 189. The van der Waals surface area contributed by atoms with Crippen molar-refractivity contribution in [3.05, 3.63) is 23.9 Å². The Morgan fingerprint density at radius 2 is 2.33 bits per heavy atom. The molecule has 0 aromatic carbocycles. The molecule has 0 saturated heterocycles. The first kappa shape index (κ1) is 6.08. The van der Waals surface area contributed by atoms with Crippen molar-refractivity contribution < 1.29 is 0 Å². The van der Waals surface area contributed by atoms with Gasteiger partial charge in [0.1, 0.15) is 0 Å². The van der Waals surface area contributed by atoms with Crippen LogP contribution in [-0.2, 0) is 0 Å². The molecular weight excluding hydrogens is 112 g/mol. The number of hydrogen-bond acceptors (Lipinski definition) is 2. The first-order valence-corrected chi connectivity index (χ1v) is 2.84. The summed E-state index contributed by atoms with van der Waals surface area (Å²) in [7, 11) is 1.90. The summed E-state index contributed by atoms with van der Waals surface area (Å²) in [5.74, 6) is 0. The van der Waals surface area contributed by atoms with Crippen LogP contribution in [0.5, 0.6) is 0 Å². The van der Waals surface area contributed by atoms with Gasteiger partial charge in [-0.25, -0.2) is 0 Å². The SMILES string of the molecule is C=C1C=NN(C)C=C1C. The van der Waals surface area contributed by atoms with E-state index in [1.807, 2.05) is 20.2 Å². The van der Waals surface area contributed by atoms with Gasteiger partial charge in [-0.15, -0.1) is 0 Å². The maximum absolute atomic E-state index is 3.99. The minimum absolute atomic E-state index is 0.994. The van der Waals surface area contributed by atoms with Crippen LogP contribution in [0.25, 0.3) is 0 Å². The Labute approximate surface area is 55.2 Å². The average Bonchev–Trinajstić information content (AvgIpc) is 1.80. The van der Waals surface area contributed by atoms with Gasteiger partial charge in [-0.1, -0.05) is 6.58 Å². The molecule has 48 valence electrons. The zero-order valence-electron chi connectivity index (χ0n) is 5.76. The molecule has 0 fully saturated rings. The van der Waals surface area contributed by atoms with Crippen LogP contribution in [0.2, 0.25) is 0 Å². The summed E-state index contributed by atoms with van der Waals surface area (Å²) in [6.45, 7) is 5.80. The topological polar surface area (TPSA) is 15.6 Å². The Balaban J connectivity index is 2.82. The van der Waals surface area contributed by atoms with Crippen molar-refractivity contribution in [2.75, 3.05) is 7.05 Å². The monoisotopic (exact) mass is 122 g/mol. The van der Waals surface area contributed by atoms with E-state index in [1.165, 1.54) is 5.57 Å². The van der Waals surface area contributed by atoms with Gasteiger partial charge in [-0.05, 0) is 18.1 Å². The molecule has 0 saturated carbocycles. The first-order valence-electron chi connectivity index (χ1n) is 2.84. The van der Waals surface area contributed by atoms with Gasteiger partial charge in [0.25, 0.3) is 0 Å². The molecule has 0 N–H and O–H groups in total. The third-order valence-electron chi connectivity index (χ3n) is 1.28. The van der Waals surface area contributed by atoms with Gasteiger partial charge in [0.05, 0.1) is 6.21 Å². The summed E-state index contributed by atoms with van der Waals surface area (Å²) in [5, 5.41) is 5.76. The highest BCUT2D eigenvalue weighted by Gasteiger charge is 1.99. The van der Waals surface area contributed by atoms with Crippen molar-refractivity contribution in [2.24, 2.45) is 5.10 Å². The van der Waals surface area contributed by atoms with Gasteiger partial charge in [0, 0.05) is 13.2 Å². The lowest BCUT2D eigenvalue weighted by Gasteiger charge is -2.13. The number of nitrogens with zero attached hydrogens (tertiary/aromatic N) is 2. The molecule has 0 aromatic rings. The third-order valence-corrected chi connectivity index (χ3v) is 1.28. The van der Waals surface area contributed by atoms with E-state index in [-0.39, 0.29) is 0 Å². The van der Waals surface area contributed by atoms with Crippen molar-refractivity contribution in [3.63, 3.8) is 0 Å². The Morgan fingerprint density at radius 1 is 1.67 bits per heavy atom. The maximum Gasteiger partial charge on any atom is 0.0544 e. The number of hydrogen-bond donors (Lipinski definition) is 0. The van der Waals surface area contributed by atoms with E-state index in [1.54, 1.807) is 11.2 Å². The molecule has 1 aliphatic rings. The van der Waals surface area contributed by atoms with Gasteiger partial charge >= 0.3 is 0 Å². The average molecular weight is 122 g/mol. The zero-order valence-corrected chi connectivity index (χ0v) is 5.76. The van der Waals surface area contributed by atoms with Crippen LogP contribution in [0.1, 0.15) is 6.92 Å². The molecule has 0 aromatic heterocycles. The summed E-state index contributed by atoms with van der Waals surface area (Å²) in [5.41, 5.74) is 2.17. The lowest BCUT2D eigenvalue weighted by molar-refractivity contribution is 0.485. The van der Waals surface area contributed by atoms with E-state index >= 15 is 0 Å². The van der Waals surface area contributed by atoms with E-state index in [4.69, 9.17) is 0 Å². The molecule has 2 heteroatoms. The van der Waals surface area contributed by atoms with Crippen LogP contribution in [0.15, 0.2) is 29.0 Å². The van der Waals surface area contributed by atoms with Crippen LogP contribution in [-0.4, -0.2) is 18.3 Å². The molecular formula is C7H10N2. The van der Waals surface area contributed by atoms with Crippen LogP contribution in [0, 0.1) is 0 Å². The van der Waals surface area contributed by atoms with E-state index < -0.39 is 0 Å². The van der Waals surface area contributed by atoms with Gasteiger partial charge in [0.15, 0.2) is 0 Å². The van der Waals surface area contributed by atoms with E-state index in [9.17, 15) is 0 Å². The third kappa shape index (κ3) is 1.19. The molecule has 9 heavy (non-hydrogen) atoms. The van der Waals surface area contributed by atoms with Crippen LogP contribution < -0.4 is 0 Å². The van der Waals surface area contributed by atoms with Gasteiger partial charge in [-0.2, -0.15) is 5.10 Å². The smallest absolute Gasteiger partial charge is 0.0544 e. The zero-order chi connectivity index (χ0) is 6.85. The normalized spacial score (nSPS) is 18.2. The lowest BCUT2D eigenvalue weighted by atomic mass is 10.1. The predicted molar refractivity (Wildman–Crippen MR) is 39.2 cm³/mol. The van der Waals surface area contributed by atoms with Crippen LogP contribution in [0.3, 0.4) is 0 Å². The molecule has 1 heterocycles. The molecule has 0 radical (unpaired) electrons. The second-order valence-corrected chi connectivity index (χ2v) is 2.16.